The van der Waals surface area contributed by atoms with Crippen molar-refractivity contribution >= 4 is 33.4 Å². The Morgan fingerprint density at radius 2 is 1.29 bits per heavy atom. The Kier molecular flexibility index (Phi) is 34.0. The van der Waals surface area contributed by atoms with Crippen LogP contribution in [0.25, 0.3) is 0 Å². The molecule has 0 spiro atoms. The second-order valence-corrected chi connectivity index (χ2v) is 20.8. The second-order valence-electron chi connectivity index (χ2n) is 17.7. The molecular formula is C50H83N3O17P2. The maximum absolute atomic E-state index is 12.9. The summed E-state index contributed by atoms with van der Waals surface area (Å²) < 4.78 is 56.6. The van der Waals surface area contributed by atoms with Gasteiger partial charge in [-0.2, -0.15) is 9.29 Å². The van der Waals surface area contributed by atoms with Crippen LogP contribution in [-0.2, 0) is 46.3 Å². The fourth-order valence-corrected chi connectivity index (χ4v) is 9.32. The Labute approximate surface area is 425 Å². The zero-order valence-corrected chi connectivity index (χ0v) is 44.0. The number of aliphatic hydroxyl groups excluding tert-OH is 4. The molecule has 1 saturated heterocycles. The Balaban J connectivity index is 1.87. The molecule has 0 aromatic carbocycles. The van der Waals surface area contributed by atoms with E-state index in [1.165, 1.54) is 44.2 Å². The number of hydrogen-bond donors (Lipinski definition) is 7. The molecule has 410 valence electrons. The van der Waals surface area contributed by atoms with Gasteiger partial charge in [0.2, 0.25) is 0 Å². The quantitative estimate of drug-likeness (QED) is 0.0107. The largest absolute Gasteiger partial charge is 0.481 e. The van der Waals surface area contributed by atoms with Crippen molar-refractivity contribution < 1.29 is 76.5 Å². The number of anilines is 1. The summed E-state index contributed by atoms with van der Waals surface area (Å²) in [5, 5.41) is 41.3. The van der Waals surface area contributed by atoms with E-state index in [9.17, 15) is 53.7 Å². The summed E-state index contributed by atoms with van der Waals surface area (Å²) in [6, 6.07) is 1.23. The molecule has 1 aromatic heterocycles. The molecule has 22 heteroatoms. The first-order chi connectivity index (χ1) is 34.5. The number of phosphoric acid groups is 2. The van der Waals surface area contributed by atoms with Crippen molar-refractivity contribution in [3.63, 3.8) is 0 Å². The molecule has 1 aliphatic heterocycles. The summed E-state index contributed by atoms with van der Waals surface area (Å²) in [4.78, 5) is 61.9. The van der Waals surface area contributed by atoms with Crippen molar-refractivity contribution in [2.45, 2.75) is 198 Å². The van der Waals surface area contributed by atoms with E-state index in [1.807, 2.05) is 6.08 Å². The molecule has 0 bridgehead atoms. The number of allylic oxidation sites excluding steroid dienone is 7. The zero-order valence-electron chi connectivity index (χ0n) is 42.2. The molecule has 0 radical (unpaired) electrons. The van der Waals surface area contributed by atoms with E-state index in [0.717, 1.165) is 81.4 Å². The van der Waals surface area contributed by atoms with Gasteiger partial charge in [0, 0.05) is 19.0 Å². The minimum Gasteiger partial charge on any atom is -0.462 e. The maximum atomic E-state index is 12.9. The standard InChI is InChI=1S/C50H83N3O17P2/c1-3-5-7-9-11-12-13-14-15-16-17-18-19-21-27-33-46(57)68-42(37-65-45(56)34-28-32-41(55)31-26-23-22-25-30-40(54)29-24-20-10-8-6-4-2)38-66-71(61,62)70-72(63,64)67-39-43-47(58)48(59)49(69-43)53-36-35-44(51)52-50(53)60/h12-13,20,22-26,30-31,35-36,40-43,47-49,54-55,58-59H,3-11,14-19,21,27-29,32-34,37-39H2,1-2H3,(H,61,62)(H,63,64)(H2,51,52,60)/b13-12-,23-22+,24-20-,30-25+,31-26-/t40-,41-,42-,43-,47-,48-,49-/m1/s1. The number of carbonyl (C=O) groups is 2. The molecule has 0 amide bonds. The van der Waals surface area contributed by atoms with Crippen molar-refractivity contribution in [1.82, 2.24) is 9.55 Å². The number of nitrogens with two attached hydrogens (primary N) is 1. The molecule has 2 rings (SSSR count). The number of nitrogen functional groups attached to an aromatic ring is 1. The van der Waals surface area contributed by atoms with Crippen LogP contribution >= 0.6 is 15.6 Å². The molecule has 8 N–H and O–H groups in total. The third-order valence-electron chi connectivity index (χ3n) is 11.3. The third kappa shape index (κ3) is 30.5. The third-order valence-corrected chi connectivity index (χ3v) is 13.9. The van der Waals surface area contributed by atoms with Gasteiger partial charge in [0.15, 0.2) is 12.3 Å². The first-order valence-electron chi connectivity index (χ1n) is 25.5. The number of nitrogens with zero attached hydrogens (tertiary/aromatic N) is 2. The van der Waals surface area contributed by atoms with Crippen LogP contribution in [0.2, 0.25) is 0 Å². The van der Waals surface area contributed by atoms with Crippen LogP contribution in [0.5, 0.6) is 0 Å². The Morgan fingerprint density at radius 3 is 1.94 bits per heavy atom. The minimum absolute atomic E-state index is 0.00965. The number of phosphoric ester groups is 2. The van der Waals surface area contributed by atoms with Gasteiger partial charge < -0.3 is 50.2 Å². The predicted octanol–water partition coefficient (Wildman–Crippen LogP) is 8.28. The van der Waals surface area contributed by atoms with Crippen molar-refractivity contribution in [1.29, 1.82) is 0 Å². The average Bonchev–Trinajstić information content (AvgIpc) is 3.61. The SMILES string of the molecule is CCCCC/C=C\C[C@@H](O)/C=C/C=C/C=C\[C@@H](O)CCCC(=O)OC[C@H](COP(=O)(O)OP(=O)(O)OC[C@H]1O[C@@H](n2ccc(N)nc2=O)[C@H](O)[C@@H]1O)OC(=O)CCCCCCCCC/C=C\CCCCCC. The topological polar surface area (TPSA) is 306 Å². The Hall–Kier alpha value is -3.62. The van der Waals surface area contributed by atoms with Crippen molar-refractivity contribution in [3.8, 4) is 0 Å². The van der Waals surface area contributed by atoms with Crippen LogP contribution in [0.15, 0.2) is 77.8 Å². The Morgan fingerprint density at radius 1 is 0.736 bits per heavy atom. The highest BCUT2D eigenvalue weighted by Gasteiger charge is 2.46. The van der Waals surface area contributed by atoms with Crippen LogP contribution in [0, 0.1) is 0 Å². The summed E-state index contributed by atoms with van der Waals surface area (Å²) in [6.07, 6.45) is 29.2. The van der Waals surface area contributed by atoms with E-state index in [4.69, 9.17) is 29.0 Å². The van der Waals surface area contributed by atoms with Crippen LogP contribution < -0.4 is 11.4 Å². The lowest BCUT2D eigenvalue weighted by molar-refractivity contribution is -0.161. The summed E-state index contributed by atoms with van der Waals surface area (Å²) in [5.41, 5.74) is 4.56. The van der Waals surface area contributed by atoms with E-state index in [-0.39, 0.29) is 31.5 Å². The van der Waals surface area contributed by atoms with Crippen LogP contribution in [0.4, 0.5) is 5.82 Å². The molecule has 9 atom stereocenters. The highest BCUT2D eigenvalue weighted by Crippen LogP contribution is 2.60. The van der Waals surface area contributed by atoms with Gasteiger partial charge >= 0.3 is 33.3 Å². The van der Waals surface area contributed by atoms with Crippen LogP contribution in [0.3, 0.4) is 0 Å². The molecule has 0 aliphatic carbocycles. The highest BCUT2D eigenvalue weighted by molar-refractivity contribution is 7.61. The number of aliphatic hydroxyl groups is 4. The molecule has 20 nitrogen and oxygen atoms in total. The molecule has 72 heavy (non-hydrogen) atoms. The first kappa shape index (κ1) is 64.5. The number of aromatic nitrogens is 2. The lowest BCUT2D eigenvalue weighted by Crippen LogP contribution is -2.36. The van der Waals surface area contributed by atoms with Gasteiger partial charge in [-0.05, 0) is 70.3 Å². The van der Waals surface area contributed by atoms with Gasteiger partial charge in [-0.15, -0.1) is 0 Å². The zero-order chi connectivity index (χ0) is 53.0. The lowest BCUT2D eigenvalue weighted by atomic mass is 10.1. The number of rotatable bonds is 41. The first-order valence-corrected chi connectivity index (χ1v) is 28.5. The average molecular weight is 1060 g/mol. The molecule has 0 saturated carbocycles. The molecular weight excluding hydrogens is 977 g/mol. The number of ether oxygens (including phenoxy) is 3. The lowest BCUT2D eigenvalue weighted by Gasteiger charge is -2.21. The van der Waals surface area contributed by atoms with Gasteiger partial charge in [-0.3, -0.25) is 23.2 Å². The molecule has 1 aliphatic rings. The molecule has 1 aromatic rings. The highest BCUT2D eigenvalue weighted by atomic mass is 31.3. The number of carbonyl (C=O) groups excluding carboxylic acids is 2. The summed E-state index contributed by atoms with van der Waals surface area (Å²) >= 11 is 0. The van der Waals surface area contributed by atoms with Gasteiger partial charge in [-0.1, -0.05) is 139 Å². The minimum atomic E-state index is -5.48. The van der Waals surface area contributed by atoms with Crippen LogP contribution in [-0.4, -0.2) is 108 Å². The fraction of sp³-hybridized carbons (Fsp3) is 0.680. The van der Waals surface area contributed by atoms with E-state index >= 15 is 0 Å². The molecule has 1 fully saturated rings. The smallest absolute Gasteiger partial charge is 0.462 e. The van der Waals surface area contributed by atoms with E-state index < -0.39 is 95.9 Å². The Bertz CT molecular complexity index is 1980. The van der Waals surface area contributed by atoms with Gasteiger partial charge in [0.1, 0.15) is 30.7 Å². The van der Waals surface area contributed by atoms with Gasteiger partial charge in [0.05, 0.1) is 25.4 Å². The van der Waals surface area contributed by atoms with Crippen molar-refractivity contribution in [3.05, 3.63) is 83.5 Å². The number of hydrogen-bond acceptors (Lipinski definition) is 17. The van der Waals surface area contributed by atoms with E-state index in [0.29, 0.717) is 12.8 Å². The fourth-order valence-electron chi connectivity index (χ4n) is 7.21. The summed E-state index contributed by atoms with van der Waals surface area (Å²) in [5.74, 6) is -1.56. The van der Waals surface area contributed by atoms with Gasteiger partial charge in [0.25, 0.3) is 0 Å². The van der Waals surface area contributed by atoms with E-state index in [1.54, 1.807) is 30.4 Å². The van der Waals surface area contributed by atoms with Crippen molar-refractivity contribution in [2.24, 2.45) is 0 Å². The monoisotopic (exact) mass is 1060 g/mol. The molecule has 2 unspecified atom stereocenters. The summed E-state index contributed by atoms with van der Waals surface area (Å²) in [6.45, 7) is 1.83. The maximum Gasteiger partial charge on any atom is 0.481 e. The van der Waals surface area contributed by atoms with Crippen molar-refractivity contribution in [2.75, 3.05) is 25.6 Å². The molecule has 2 heterocycles. The van der Waals surface area contributed by atoms with E-state index in [2.05, 4.69) is 41.4 Å². The normalized spacial score (nSPS) is 20.4. The number of unbranched alkanes of at least 4 members (excludes halogenated alkanes) is 14. The summed E-state index contributed by atoms with van der Waals surface area (Å²) in [7, 11) is -10.9. The van der Waals surface area contributed by atoms with Crippen LogP contribution in [0.1, 0.15) is 161 Å². The second kappa shape index (κ2) is 38.0. The number of esters is 2. The predicted molar refractivity (Wildman–Crippen MR) is 273 cm³/mol. The van der Waals surface area contributed by atoms with Gasteiger partial charge in [-0.25, -0.2) is 13.9 Å².